The van der Waals surface area contributed by atoms with Gasteiger partial charge >= 0.3 is 6.18 Å². The Bertz CT molecular complexity index is 924. The van der Waals surface area contributed by atoms with Crippen LogP contribution in [0.2, 0.25) is 0 Å². The number of nitrogens with zero attached hydrogens (tertiary/aromatic N) is 3. The van der Waals surface area contributed by atoms with Crippen molar-refractivity contribution in [2.24, 2.45) is 5.18 Å². The van der Waals surface area contributed by atoms with Crippen LogP contribution in [0.1, 0.15) is 21.6 Å². The van der Waals surface area contributed by atoms with Crippen LogP contribution in [0, 0.1) is 11.8 Å². The first-order valence-electron chi connectivity index (χ1n) is 8.62. The normalized spacial score (nSPS) is 11.4. The molecule has 2 aromatic carbocycles. The van der Waals surface area contributed by atoms with Gasteiger partial charge in [-0.2, -0.15) is 18.2 Å². The van der Waals surface area contributed by atoms with E-state index in [0.717, 1.165) is 28.1 Å². The second-order valence-electron chi connectivity index (χ2n) is 6.32. The summed E-state index contributed by atoms with van der Waals surface area (Å²) >= 11 is 1.38. The Kier molecular flexibility index (Phi) is 6.08. The van der Waals surface area contributed by atoms with Crippen molar-refractivity contribution < 1.29 is 13.2 Å². The van der Waals surface area contributed by atoms with Gasteiger partial charge in [-0.05, 0) is 41.8 Å². The first kappa shape index (κ1) is 20.0. The lowest BCUT2D eigenvalue weighted by molar-refractivity contribution is -0.137. The van der Waals surface area contributed by atoms with Crippen LogP contribution in [-0.4, -0.2) is 11.5 Å². The van der Waals surface area contributed by atoms with E-state index in [1.807, 2.05) is 35.2 Å². The Morgan fingerprint density at radius 2 is 1.71 bits per heavy atom. The van der Waals surface area contributed by atoms with E-state index >= 15 is 0 Å². The molecule has 0 aliphatic rings. The predicted molar refractivity (Wildman–Crippen MR) is 105 cm³/mol. The maximum absolute atomic E-state index is 12.7. The van der Waals surface area contributed by atoms with Crippen LogP contribution in [0.15, 0.2) is 59.8 Å². The average Bonchev–Trinajstić information content (AvgIpc) is 3.06. The van der Waals surface area contributed by atoms with Crippen LogP contribution < -0.4 is 4.90 Å². The minimum atomic E-state index is -4.34. The molecule has 1 aromatic heterocycles. The van der Waals surface area contributed by atoms with E-state index in [1.165, 1.54) is 23.5 Å². The molecule has 0 aliphatic carbocycles. The van der Waals surface area contributed by atoms with Gasteiger partial charge in [0.2, 0.25) is 5.82 Å². The number of benzene rings is 2. The minimum absolute atomic E-state index is 0.174. The van der Waals surface area contributed by atoms with Gasteiger partial charge in [0.25, 0.3) is 0 Å². The fraction of sp³-hybridized carbons (Fsp3) is 0.250. The van der Waals surface area contributed by atoms with Crippen molar-refractivity contribution in [2.45, 2.75) is 26.1 Å². The Morgan fingerprint density at radius 1 is 1.04 bits per heavy atom. The summed E-state index contributed by atoms with van der Waals surface area (Å²) in [6.45, 7) is 2.91. The van der Waals surface area contributed by atoms with E-state index in [9.17, 15) is 18.1 Å². The quantitative estimate of drug-likeness (QED) is 0.445. The van der Waals surface area contributed by atoms with Crippen molar-refractivity contribution in [3.63, 3.8) is 0 Å². The molecule has 8 heteroatoms. The van der Waals surface area contributed by atoms with Gasteiger partial charge in [-0.25, -0.2) is 0 Å². The van der Waals surface area contributed by atoms with Gasteiger partial charge in [0.15, 0.2) is 5.13 Å². The molecule has 0 radical (unpaired) electrons. The number of hydrogen-bond acceptors (Lipinski definition) is 5. The van der Waals surface area contributed by atoms with E-state index < -0.39 is 11.7 Å². The summed E-state index contributed by atoms with van der Waals surface area (Å²) in [6, 6.07) is 15.0. The molecule has 0 N–H and O–H groups in total. The van der Waals surface area contributed by atoms with E-state index in [-0.39, 0.29) is 5.82 Å². The molecule has 0 unspecified atom stereocenters. The molecule has 3 aromatic rings. The number of aromatic nitrogens is 1. The van der Waals surface area contributed by atoms with Crippen LogP contribution in [0.25, 0.3) is 0 Å². The smallest absolute Gasteiger partial charge is 0.343 e. The minimum Gasteiger partial charge on any atom is -0.343 e. The Hall–Kier alpha value is -2.74. The highest BCUT2D eigenvalue weighted by Crippen LogP contribution is 2.32. The highest BCUT2D eigenvalue weighted by molar-refractivity contribution is 7.16. The van der Waals surface area contributed by atoms with Crippen molar-refractivity contribution in [2.75, 3.05) is 11.4 Å². The van der Waals surface area contributed by atoms with E-state index in [1.54, 1.807) is 6.92 Å². The van der Waals surface area contributed by atoms with Gasteiger partial charge in [-0.3, -0.25) is 0 Å². The fourth-order valence-corrected chi connectivity index (χ4v) is 3.63. The van der Waals surface area contributed by atoms with Gasteiger partial charge in [0.05, 0.1) is 10.4 Å². The van der Waals surface area contributed by atoms with Crippen LogP contribution in [0.3, 0.4) is 0 Å². The average molecular weight is 405 g/mol. The Balaban J connectivity index is 1.77. The molecular weight excluding hydrogens is 387 g/mol. The molecule has 28 heavy (non-hydrogen) atoms. The third-order valence-electron chi connectivity index (χ3n) is 4.29. The zero-order valence-electron chi connectivity index (χ0n) is 15.1. The maximum atomic E-state index is 12.7. The highest BCUT2D eigenvalue weighted by Gasteiger charge is 2.29. The summed E-state index contributed by atoms with van der Waals surface area (Å²) in [6.07, 6.45) is -3.79. The second kappa shape index (κ2) is 8.52. The van der Waals surface area contributed by atoms with E-state index in [0.29, 0.717) is 24.6 Å². The molecule has 0 amide bonds. The van der Waals surface area contributed by atoms with Gasteiger partial charge in [0, 0.05) is 13.1 Å². The summed E-state index contributed by atoms with van der Waals surface area (Å²) in [5, 5.41) is 3.62. The molecule has 0 atom stereocenters. The first-order chi connectivity index (χ1) is 13.4. The van der Waals surface area contributed by atoms with Gasteiger partial charge < -0.3 is 4.90 Å². The lowest BCUT2D eigenvalue weighted by Gasteiger charge is -2.22. The Labute approximate surface area is 164 Å². The standard InChI is InChI=1S/C20H18F3N3OS/c1-14-18(25-27)24-19(28-14)26(13-16-5-3-2-4-6-16)12-11-15-7-9-17(10-8-15)20(21,22)23/h2-10H,11-13H2,1H3. The van der Waals surface area contributed by atoms with Crippen molar-refractivity contribution >= 4 is 22.3 Å². The number of rotatable bonds is 7. The summed E-state index contributed by atoms with van der Waals surface area (Å²) in [5.41, 5.74) is 1.21. The van der Waals surface area contributed by atoms with Gasteiger partial charge in [0.1, 0.15) is 0 Å². The SMILES string of the molecule is Cc1sc(N(CCc2ccc(C(F)(F)F)cc2)Cc2ccccc2)nc1N=O. The largest absolute Gasteiger partial charge is 0.416 e. The number of anilines is 1. The number of nitroso groups, excluding NO2 is 1. The maximum Gasteiger partial charge on any atom is 0.416 e. The lowest BCUT2D eigenvalue weighted by Crippen LogP contribution is -2.25. The summed E-state index contributed by atoms with van der Waals surface area (Å²) in [7, 11) is 0. The fourth-order valence-electron chi connectivity index (χ4n) is 2.77. The van der Waals surface area contributed by atoms with E-state index in [2.05, 4.69) is 10.2 Å². The van der Waals surface area contributed by atoms with Gasteiger partial charge in [-0.1, -0.05) is 53.8 Å². The number of aryl methyl sites for hydroxylation is 1. The molecule has 146 valence electrons. The molecule has 3 rings (SSSR count). The van der Waals surface area contributed by atoms with Crippen molar-refractivity contribution in [1.29, 1.82) is 0 Å². The third-order valence-corrected chi connectivity index (χ3v) is 5.31. The number of hydrogen-bond donors (Lipinski definition) is 0. The molecular formula is C20H18F3N3OS. The van der Waals surface area contributed by atoms with Crippen molar-refractivity contribution in [3.8, 4) is 0 Å². The topological polar surface area (TPSA) is 45.6 Å². The van der Waals surface area contributed by atoms with Crippen LogP contribution in [-0.2, 0) is 19.1 Å². The predicted octanol–water partition coefficient (Wildman–Crippen LogP) is 6.12. The molecule has 0 aliphatic heterocycles. The molecule has 0 saturated heterocycles. The monoisotopic (exact) mass is 405 g/mol. The molecule has 1 heterocycles. The van der Waals surface area contributed by atoms with Crippen LogP contribution >= 0.6 is 11.3 Å². The molecule has 0 fully saturated rings. The van der Waals surface area contributed by atoms with Crippen LogP contribution in [0.5, 0.6) is 0 Å². The molecule has 0 bridgehead atoms. The number of halogens is 3. The summed E-state index contributed by atoms with van der Waals surface area (Å²) < 4.78 is 38.2. The lowest BCUT2D eigenvalue weighted by atomic mass is 10.1. The highest BCUT2D eigenvalue weighted by atomic mass is 32.1. The Morgan fingerprint density at radius 3 is 2.29 bits per heavy atom. The summed E-state index contributed by atoms with van der Waals surface area (Å²) in [4.78, 5) is 17.9. The zero-order valence-corrected chi connectivity index (χ0v) is 15.9. The second-order valence-corrected chi connectivity index (χ2v) is 7.50. The number of alkyl halides is 3. The first-order valence-corrected chi connectivity index (χ1v) is 9.44. The molecule has 0 spiro atoms. The zero-order chi connectivity index (χ0) is 20.1. The summed E-state index contributed by atoms with van der Waals surface area (Å²) in [5.74, 6) is 0.174. The van der Waals surface area contributed by atoms with Gasteiger partial charge in [-0.15, -0.1) is 4.91 Å². The van der Waals surface area contributed by atoms with Crippen LogP contribution in [0.4, 0.5) is 24.1 Å². The third kappa shape index (κ3) is 4.95. The molecule has 4 nitrogen and oxygen atoms in total. The van der Waals surface area contributed by atoms with Crippen molar-refractivity contribution in [1.82, 2.24) is 4.98 Å². The number of thiazole rings is 1. The van der Waals surface area contributed by atoms with Crippen molar-refractivity contribution in [3.05, 3.63) is 81.1 Å². The molecule has 0 saturated carbocycles. The van der Waals surface area contributed by atoms with E-state index in [4.69, 9.17) is 0 Å².